The number of amides is 1. The maximum Gasteiger partial charge on any atom is 0.442 e. The highest BCUT2D eigenvalue weighted by atomic mass is 16.5. The molecule has 0 saturated carbocycles. The summed E-state index contributed by atoms with van der Waals surface area (Å²) in [7, 11) is 0. The van der Waals surface area contributed by atoms with Gasteiger partial charge in [0.15, 0.2) is 5.82 Å². The van der Waals surface area contributed by atoms with Gasteiger partial charge in [-0.05, 0) is 39.2 Å². The van der Waals surface area contributed by atoms with Gasteiger partial charge in [0.2, 0.25) is 11.7 Å². The molecule has 122 valence electrons. The van der Waals surface area contributed by atoms with Crippen LogP contribution in [0.5, 0.6) is 0 Å². The number of piperidine rings is 1. The van der Waals surface area contributed by atoms with Gasteiger partial charge in [-0.1, -0.05) is 5.16 Å². The van der Waals surface area contributed by atoms with Crippen molar-refractivity contribution < 1.29 is 9.32 Å². The van der Waals surface area contributed by atoms with Gasteiger partial charge in [0.05, 0.1) is 0 Å². The second-order valence-corrected chi connectivity index (χ2v) is 5.86. The van der Waals surface area contributed by atoms with Crippen molar-refractivity contribution in [3.8, 4) is 11.6 Å². The standard InChI is InChI=1S/C15H19N5O3/c1-10-5-3-6-11(2)20(10)12(21)9-19-14(18-23-15(19)22)13-16-7-4-8-17-13/h4,7-8,10-11H,3,5-6,9H2,1-2H3/t10-,11-/m0/s1. The molecule has 2 aromatic heterocycles. The zero-order chi connectivity index (χ0) is 16.4. The molecule has 1 aliphatic heterocycles. The molecule has 0 unspecified atom stereocenters. The van der Waals surface area contributed by atoms with Crippen molar-refractivity contribution in [1.29, 1.82) is 0 Å². The van der Waals surface area contributed by atoms with Gasteiger partial charge in [-0.3, -0.25) is 9.32 Å². The Bertz CT molecular complexity index is 729. The monoisotopic (exact) mass is 317 g/mol. The van der Waals surface area contributed by atoms with Gasteiger partial charge >= 0.3 is 5.76 Å². The average molecular weight is 317 g/mol. The molecule has 2 aromatic rings. The van der Waals surface area contributed by atoms with Crippen LogP contribution in [0.1, 0.15) is 33.1 Å². The van der Waals surface area contributed by atoms with E-state index in [0.717, 1.165) is 19.3 Å². The normalized spacial score (nSPS) is 21.4. The van der Waals surface area contributed by atoms with Crippen molar-refractivity contribution >= 4 is 5.91 Å². The summed E-state index contributed by atoms with van der Waals surface area (Å²) >= 11 is 0. The van der Waals surface area contributed by atoms with Gasteiger partial charge in [-0.15, -0.1) is 0 Å². The summed E-state index contributed by atoms with van der Waals surface area (Å²) in [6.07, 6.45) is 6.15. The Morgan fingerprint density at radius 2 is 1.91 bits per heavy atom. The summed E-state index contributed by atoms with van der Waals surface area (Å²) in [5, 5.41) is 3.70. The molecule has 3 heterocycles. The molecule has 0 N–H and O–H groups in total. The number of carbonyl (C=O) groups excluding carboxylic acids is 1. The maximum absolute atomic E-state index is 12.7. The Balaban J connectivity index is 1.87. The van der Waals surface area contributed by atoms with Crippen LogP contribution in [-0.4, -0.2) is 42.6 Å². The van der Waals surface area contributed by atoms with E-state index < -0.39 is 5.76 Å². The lowest BCUT2D eigenvalue weighted by Gasteiger charge is -2.39. The van der Waals surface area contributed by atoms with Crippen LogP contribution in [0.15, 0.2) is 27.8 Å². The fourth-order valence-electron chi connectivity index (χ4n) is 3.11. The van der Waals surface area contributed by atoms with Crippen molar-refractivity contribution in [1.82, 2.24) is 24.6 Å². The highest BCUT2D eigenvalue weighted by Crippen LogP contribution is 2.23. The van der Waals surface area contributed by atoms with Crippen molar-refractivity contribution in [2.45, 2.75) is 51.7 Å². The van der Waals surface area contributed by atoms with E-state index in [4.69, 9.17) is 4.52 Å². The number of aromatic nitrogens is 4. The van der Waals surface area contributed by atoms with Gasteiger partial charge in [0.1, 0.15) is 6.54 Å². The summed E-state index contributed by atoms with van der Waals surface area (Å²) < 4.78 is 5.88. The van der Waals surface area contributed by atoms with Crippen molar-refractivity contribution in [2.24, 2.45) is 0 Å². The minimum atomic E-state index is -0.682. The Morgan fingerprint density at radius 1 is 1.26 bits per heavy atom. The number of hydrogen-bond donors (Lipinski definition) is 0. The lowest BCUT2D eigenvalue weighted by molar-refractivity contribution is -0.138. The van der Waals surface area contributed by atoms with Gasteiger partial charge in [0, 0.05) is 24.5 Å². The van der Waals surface area contributed by atoms with Crippen LogP contribution >= 0.6 is 0 Å². The molecule has 0 spiro atoms. The van der Waals surface area contributed by atoms with E-state index in [1.54, 1.807) is 18.5 Å². The first-order chi connectivity index (χ1) is 11.1. The summed E-state index contributed by atoms with van der Waals surface area (Å²) in [5.74, 6) is -0.377. The van der Waals surface area contributed by atoms with E-state index in [1.165, 1.54) is 4.57 Å². The molecule has 2 atom stereocenters. The highest BCUT2D eigenvalue weighted by molar-refractivity contribution is 5.77. The summed E-state index contributed by atoms with van der Waals surface area (Å²) in [5.41, 5.74) is 0. The Labute approximate surface area is 133 Å². The number of rotatable bonds is 3. The summed E-state index contributed by atoms with van der Waals surface area (Å²) in [4.78, 5) is 34.5. The quantitative estimate of drug-likeness (QED) is 0.841. The van der Waals surface area contributed by atoms with Gasteiger partial charge < -0.3 is 4.90 Å². The second-order valence-electron chi connectivity index (χ2n) is 5.86. The minimum absolute atomic E-state index is 0.118. The summed E-state index contributed by atoms with van der Waals surface area (Å²) in [6, 6.07) is 1.99. The molecule has 1 amide bonds. The predicted molar refractivity (Wildman–Crippen MR) is 81.4 cm³/mol. The first-order valence-corrected chi connectivity index (χ1v) is 7.73. The molecular weight excluding hydrogens is 298 g/mol. The van der Waals surface area contributed by atoms with Crippen LogP contribution in [0.2, 0.25) is 0 Å². The Kier molecular flexibility index (Phi) is 4.22. The maximum atomic E-state index is 12.7. The molecule has 1 saturated heterocycles. The van der Waals surface area contributed by atoms with Crippen LogP contribution in [0.3, 0.4) is 0 Å². The Hall–Kier alpha value is -2.51. The molecule has 1 aliphatic rings. The first kappa shape index (κ1) is 15.4. The molecule has 8 nitrogen and oxygen atoms in total. The van der Waals surface area contributed by atoms with E-state index in [9.17, 15) is 9.59 Å². The number of carbonyl (C=O) groups is 1. The third kappa shape index (κ3) is 3.01. The van der Waals surface area contributed by atoms with Gasteiger partial charge in [0.25, 0.3) is 0 Å². The fourth-order valence-corrected chi connectivity index (χ4v) is 3.11. The van der Waals surface area contributed by atoms with Crippen LogP contribution in [0.25, 0.3) is 11.6 Å². The SMILES string of the molecule is C[C@H]1CCC[C@H](C)N1C(=O)Cn1c(-c2ncccn2)noc1=O. The van der Waals surface area contributed by atoms with Gasteiger partial charge in [-0.25, -0.2) is 19.3 Å². The number of hydrogen-bond acceptors (Lipinski definition) is 6. The molecule has 0 aromatic carbocycles. The zero-order valence-electron chi connectivity index (χ0n) is 13.2. The zero-order valence-corrected chi connectivity index (χ0v) is 13.2. The highest BCUT2D eigenvalue weighted by Gasteiger charge is 2.30. The van der Waals surface area contributed by atoms with E-state index in [0.29, 0.717) is 0 Å². The third-order valence-electron chi connectivity index (χ3n) is 4.23. The third-order valence-corrected chi connectivity index (χ3v) is 4.23. The van der Waals surface area contributed by atoms with Crippen molar-refractivity contribution in [2.75, 3.05) is 0 Å². The van der Waals surface area contributed by atoms with E-state index >= 15 is 0 Å². The molecule has 0 bridgehead atoms. The fraction of sp³-hybridized carbons (Fsp3) is 0.533. The van der Waals surface area contributed by atoms with Crippen LogP contribution < -0.4 is 5.76 Å². The Morgan fingerprint density at radius 3 is 2.57 bits per heavy atom. The largest absolute Gasteiger partial charge is 0.442 e. The first-order valence-electron chi connectivity index (χ1n) is 7.73. The topological polar surface area (TPSA) is 94.1 Å². The molecular formula is C15H19N5O3. The van der Waals surface area contributed by atoms with Crippen LogP contribution in [0, 0.1) is 0 Å². The minimum Gasteiger partial charge on any atom is -0.336 e. The van der Waals surface area contributed by atoms with Crippen LogP contribution in [-0.2, 0) is 11.3 Å². The molecule has 3 rings (SSSR count). The van der Waals surface area contributed by atoms with E-state index in [-0.39, 0.29) is 36.2 Å². The molecule has 0 radical (unpaired) electrons. The summed E-state index contributed by atoms with van der Waals surface area (Å²) in [6.45, 7) is 3.95. The molecule has 1 fully saturated rings. The van der Waals surface area contributed by atoms with Gasteiger partial charge in [-0.2, -0.15) is 0 Å². The number of nitrogens with zero attached hydrogens (tertiary/aromatic N) is 5. The predicted octanol–water partition coefficient (Wildman–Crippen LogP) is 1.08. The van der Waals surface area contributed by atoms with Crippen LogP contribution in [0.4, 0.5) is 0 Å². The lowest BCUT2D eigenvalue weighted by Crippen LogP contribution is -2.49. The smallest absolute Gasteiger partial charge is 0.336 e. The number of likely N-dealkylation sites (tertiary alicyclic amines) is 1. The van der Waals surface area contributed by atoms with E-state index in [2.05, 4.69) is 15.1 Å². The van der Waals surface area contributed by atoms with Crippen molar-refractivity contribution in [3.63, 3.8) is 0 Å². The molecule has 0 aliphatic carbocycles. The molecule has 8 heteroatoms. The van der Waals surface area contributed by atoms with Crippen molar-refractivity contribution in [3.05, 3.63) is 29.0 Å². The van der Waals surface area contributed by atoms with E-state index in [1.807, 2.05) is 18.7 Å². The lowest BCUT2D eigenvalue weighted by atomic mass is 9.97. The second kappa shape index (κ2) is 6.31. The average Bonchev–Trinajstić information content (AvgIpc) is 2.89. The molecule has 23 heavy (non-hydrogen) atoms.